The lowest BCUT2D eigenvalue weighted by Crippen LogP contribution is -2.40. The highest BCUT2D eigenvalue weighted by Gasteiger charge is 2.30. The van der Waals surface area contributed by atoms with Crippen LogP contribution >= 0.6 is 0 Å². The molecule has 1 aliphatic heterocycles. The number of benzene rings is 2. The summed E-state index contributed by atoms with van der Waals surface area (Å²) in [5.74, 6) is 5.42. The summed E-state index contributed by atoms with van der Waals surface area (Å²) >= 11 is 0. The van der Waals surface area contributed by atoms with Crippen molar-refractivity contribution in [2.24, 2.45) is 22.4 Å². The Morgan fingerprint density at radius 3 is 1.98 bits per heavy atom. The van der Waals surface area contributed by atoms with Gasteiger partial charge in [0, 0.05) is 45.3 Å². The first kappa shape index (κ1) is 37.3. The van der Waals surface area contributed by atoms with Gasteiger partial charge in [0.15, 0.2) is 0 Å². The normalized spacial score (nSPS) is 14.9. The number of fused-ring (bicyclic) bond motifs is 2. The number of rotatable bonds is 9. The molecule has 0 atom stereocenters. The predicted octanol–water partition coefficient (Wildman–Crippen LogP) is 6.33. The lowest BCUT2D eigenvalue weighted by atomic mass is 9.68. The summed E-state index contributed by atoms with van der Waals surface area (Å²) in [6.07, 6.45) is 2.33. The van der Waals surface area contributed by atoms with E-state index in [4.69, 9.17) is 11.6 Å². The third-order valence-electron chi connectivity index (χ3n) is 8.71. The second-order valence-electron chi connectivity index (χ2n) is 14.3. The summed E-state index contributed by atoms with van der Waals surface area (Å²) in [6.45, 7) is 20.1. The molecule has 7 N–H and O–H groups in total. The number of nitrogens with zero attached hydrogens (tertiary/aromatic N) is 1. The van der Waals surface area contributed by atoms with Gasteiger partial charge >= 0.3 is 0 Å². The first-order valence-electron chi connectivity index (χ1n) is 15.9. The second-order valence-corrected chi connectivity index (χ2v) is 14.3. The van der Waals surface area contributed by atoms with Gasteiger partial charge in [-0.2, -0.15) is 0 Å². The average Bonchev–Trinajstić information content (AvgIpc) is 2.95. The molecule has 0 bridgehead atoms. The molecule has 0 radical (unpaired) electrons. The zero-order chi connectivity index (χ0) is 34.0. The Bertz CT molecular complexity index is 1360. The van der Waals surface area contributed by atoms with Crippen LogP contribution < -0.4 is 32.5 Å². The van der Waals surface area contributed by atoms with Crippen molar-refractivity contribution < 1.29 is 17.2 Å². The van der Waals surface area contributed by atoms with Gasteiger partial charge < -0.3 is 26.7 Å². The third kappa shape index (κ3) is 10.9. The lowest BCUT2D eigenvalue weighted by Gasteiger charge is -2.37. The van der Waals surface area contributed by atoms with Crippen molar-refractivity contribution in [3.63, 3.8) is 0 Å². The van der Waals surface area contributed by atoms with Crippen LogP contribution in [0.1, 0.15) is 114 Å². The Labute approximate surface area is 273 Å². The van der Waals surface area contributed by atoms with Crippen molar-refractivity contribution in [1.29, 1.82) is 0 Å². The molecule has 0 aromatic heterocycles. The van der Waals surface area contributed by atoms with Crippen LogP contribution in [-0.4, -0.2) is 29.8 Å². The molecule has 0 fully saturated rings. The van der Waals surface area contributed by atoms with E-state index in [9.17, 15) is 14.4 Å². The minimum atomic E-state index is -0.298. The number of hydrazine groups is 1. The van der Waals surface area contributed by atoms with Crippen molar-refractivity contribution in [3.05, 3.63) is 65.2 Å². The predicted molar refractivity (Wildman–Crippen MR) is 190 cm³/mol. The first-order chi connectivity index (χ1) is 20.9. The molecule has 2 aromatic rings. The monoisotopic (exact) mass is 624 g/mol. The van der Waals surface area contributed by atoms with Crippen LogP contribution in [0, 0.1) is 10.8 Å². The van der Waals surface area contributed by atoms with Crippen LogP contribution in [-0.2, 0) is 20.9 Å². The molecule has 9 heteroatoms. The summed E-state index contributed by atoms with van der Waals surface area (Å²) in [5, 5.41) is 5.67. The van der Waals surface area contributed by atoms with Crippen LogP contribution in [0.4, 0.5) is 5.69 Å². The molecule has 0 aliphatic carbocycles. The van der Waals surface area contributed by atoms with Crippen LogP contribution in [0.3, 0.4) is 0 Å². The lowest BCUT2D eigenvalue weighted by molar-refractivity contribution is -0.123. The Morgan fingerprint density at radius 1 is 0.844 bits per heavy atom. The second kappa shape index (κ2) is 15.9. The number of carbonyl (C=O) groups excluding carboxylic acids is 3. The molecule has 0 saturated heterocycles. The minimum Gasteiger partial charge on any atom is -0.396 e. The number of nitrogens with one attached hydrogen (secondary N) is 3. The molecule has 0 unspecified atom stereocenters. The molecule has 0 spiro atoms. The molecule has 0 saturated carbocycles. The molecule has 45 heavy (non-hydrogen) atoms. The van der Waals surface area contributed by atoms with E-state index in [1.54, 1.807) is 4.90 Å². The maximum absolute atomic E-state index is 13.3. The number of amides is 3. The van der Waals surface area contributed by atoms with Crippen molar-refractivity contribution in [1.82, 2.24) is 16.1 Å². The van der Waals surface area contributed by atoms with Gasteiger partial charge in [-0.25, -0.2) is 0 Å². The fourth-order valence-electron chi connectivity index (χ4n) is 4.70. The molecule has 252 valence electrons. The smallest absolute Gasteiger partial charge is 0.229 e. The highest BCUT2D eigenvalue weighted by Crippen LogP contribution is 2.40. The highest BCUT2D eigenvalue weighted by molar-refractivity contribution is 6.01. The first-order valence-corrected chi connectivity index (χ1v) is 15.9. The van der Waals surface area contributed by atoms with E-state index >= 15 is 0 Å². The third-order valence-corrected chi connectivity index (χ3v) is 8.71. The summed E-state index contributed by atoms with van der Waals surface area (Å²) < 4.78 is 0. The molecular formula is C36H60N6O3. The van der Waals surface area contributed by atoms with Crippen molar-refractivity contribution in [2.75, 3.05) is 11.4 Å². The largest absolute Gasteiger partial charge is 0.396 e. The van der Waals surface area contributed by atoms with Gasteiger partial charge in [0.1, 0.15) is 0 Å². The number of carbonyl (C=O) groups is 3. The molecule has 9 nitrogen and oxygen atoms in total. The SMILES string of the molecule is CC(C)(C)NC(=O)CCCC(=O)NCCC(=O)N1Cc2ccccc2/C(NN)=C(/N)c2ccccc21.CCC(C)(C)C(C)(C)C.[HH].[HH]. The minimum absolute atomic E-state index is 0. The molecule has 3 rings (SSSR count). The fraction of sp³-hybridized carbons (Fsp3) is 0.528. The number of hydrogen-bond acceptors (Lipinski definition) is 6. The number of anilines is 1. The molecule has 2 aromatic carbocycles. The van der Waals surface area contributed by atoms with E-state index in [1.165, 1.54) is 6.42 Å². The van der Waals surface area contributed by atoms with Crippen LogP contribution in [0.2, 0.25) is 0 Å². The maximum atomic E-state index is 13.3. The zero-order valence-electron chi connectivity index (χ0n) is 28.9. The van der Waals surface area contributed by atoms with E-state index in [-0.39, 0.29) is 51.9 Å². The van der Waals surface area contributed by atoms with Crippen molar-refractivity contribution in [3.8, 4) is 0 Å². The van der Waals surface area contributed by atoms with E-state index in [0.29, 0.717) is 46.4 Å². The number of nitrogens with two attached hydrogens (primary N) is 2. The molecular weight excluding hydrogens is 564 g/mol. The van der Waals surface area contributed by atoms with Crippen LogP contribution in [0.25, 0.3) is 11.4 Å². The van der Waals surface area contributed by atoms with E-state index in [2.05, 4.69) is 57.6 Å². The van der Waals surface area contributed by atoms with Crippen LogP contribution in [0.5, 0.6) is 0 Å². The summed E-state index contributed by atoms with van der Waals surface area (Å²) in [6, 6.07) is 15.1. The molecule has 3 amide bonds. The number of para-hydroxylation sites is 1. The number of hydrogen-bond donors (Lipinski definition) is 5. The maximum Gasteiger partial charge on any atom is 0.229 e. The standard InChI is InChI=1S/C27H36N6O3.C9H20.2H2/c1-27(2,3)31-23(35)14-8-13-22(34)30-16-15-24(36)33-17-18-9-4-5-10-19(18)26(32-29)25(28)20-11-6-7-12-21(20)33;1-7-9(5,6)8(2,3)4;;/h4-7,9-12,32H,8,13-17,28-29H2,1-3H3,(H,30,34)(H,31,35);7H2,1-6H3;2*1H/b26-25-;;;. The fourth-order valence-corrected chi connectivity index (χ4v) is 4.70. The van der Waals surface area contributed by atoms with Crippen LogP contribution in [0.15, 0.2) is 48.5 Å². The Kier molecular flexibility index (Phi) is 13.2. The summed E-state index contributed by atoms with van der Waals surface area (Å²) in [5.41, 5.74) is 14.0. The Hall–Kier alpha value is -3.85. The van der Waals surface area contributed by atoms with E-state index in [1.807, 2.05) is 69.3 Å². The topological polar surface area (TPSA) is 143 Å². The average molecular weight is 625 g/mol. The summed E-state index contributed by atoms with van der Waals surface area (Å²) in [4.78, 5) is 39.2. The quantitative estimate of drug-likeness (QED) is 0.163. The van der Waals surface area contributed by atoms with Gasteiger partial charge in [-0.15, -0.1) is 0 Å². The molecule has 1 aliphatic rings. The van der Waals surface area contributed by atoms with E-state index < -0.39 is 0 Å². The van der Waals surface area contributed by atoms with E-state index in [0.717, 1.165) is 11.1 Å². The van der Waals surface area contributed by atoms with Gasteiger partial charge in [0.2, 0.25) is 17.7 Å². The molecule has 1 heterocycles. The highest BCUT2D eigenvalue weighted by atomic mass is 16.2. The zero-order valence-corrected chi connectivity index (χ0v) is 28.9. The van der Waals surface area contributed by atoms with Crippen molar-refractivity contribution in [2.45, 2.75) is 107 Å². The van der Waals surface area contributed by atoms with Gasteiger partial charge in [-0.1, -0.05) is 90.4 Å². The van der Waals surface area contributed by atoms with Gasteiger partial charge in [0.25, 0.3) is 0 Å². The summed E-state index contributed by atoms with van der Waals surface area (Å²) in [7, 11) is 0. The van der Waals surface area contributed by atoms with Gasteiger partial charge in [-0.05, 0) is 49.7 Å². The van der Waals surface area contributed by atoms with Gasteiger partial charge in [-0.3, -0.25) is 20.2 Å². The van der Waals surface area contributed by atoms with Gasteiger partial charge in [0.05, 0.1) is 23.6 Å². The Balaban J connectivity index is 0.00000169. The van der Waals surface area contributed by atoms with Crippen molar-refractivity contribution >= 4 is 34.8 Å². The Morgan fingerprint density at radius 2 is 1.42 bits per heavy atom.